The molecule has 2 heterocycles. The first-order valence-corrected chi connectivity index (χ1v) is 9.19. The van der Waals surface area contributed by atoms with E-state index < -0.39 is 5.97 Å². The Bertz CT molecular complexity index is 882. The smallest absolute Gasteiger partial charge is 0.348 e. The van der Waals surface area contributed by atoms with Crippen LogP contribution in [-0.2, 0) is 16.1 Å². The average molecular weight is 363 g/mol. The van der Waals surface area contributed by atoms with Gasteiger partial charge in [-0.15, -0.1) is 11.3 Å². The fourth-order valence-corrected chi connectivity index (χ4v) is 3.86. The summed E-state index contributed by atoms with van der Waals surface area (Å²) in [7, 11) is 0. The van der Waals surface area contributed by atoms with Crippen LogP contribution in [0.2, 0.25) is 0 Å². The van der Waals surface area contributed by atoms with Crippen LogP contribution in [0.5, 0.6) is 0 Å². The zero-order chi connectivity index (χ0) is 18.1. The molecule has 3 rings (SSSR count). The van der Waals surface area contributed by atoms with Crippen LogP contribution in [0, 0.1) is 12.8 Å². The van der Waals surface area contributed by atoms with Gasteiger partial charge in [-0.25, -0.2) is 9.78 Å². The van der Waals surface area contributed by atoms with Gasteiger partial charge in [-0.2, -0.15) is 0 Å². The lowest BCUT2D eigenvalue weighted by Crippen LogP contribution is -2.38. The number of esters is 1. The van der Waals surface area contributed by atoms with E-state index in [0.717, 1.165) is 24.2 Å². The topological polar surface area (TPSA) is 90.3 Å². The second-order valence-corrected chi connectivity index (χ2v) is 7.33. The fraction of sp³-hybridized carbons (Fsp3) is 0.529. The van der Waals surface area contributed by atoms with Crippen molar-refractivity contribution < 1.29 is 14.3 Å². The lowest BCUT2D eigenvalue weighted by Gasteiger charge is -2.13. The summed E-state index contributed by atoms with van der Waals surface area (Å²) in [6.45, 7) is 5.60. The number of aryl methyl sites for hydroxylation is 1. The van der Waals surface area contributed by atoms with Crippen LogP contribution in [0.3, 0.4) is 0 Å². The number of fused-ring (bicyclic) bond motifs is 1. The third-order valence-corrected chi connectivity index (χ3v) is 5.59. The summed E-state index contributed by atoms with van der Waals surface area (Å²) >= 11 is 1.14. The Labute approximate surface area is 149 Å². The molecule has 1 aliphatic rings. The molecule has 134 valence electrons. The van der Waals surface area contributed by atoms with Gasteiger partial charge in [-0.3, -0.25) is 14.2 Å². The van der Waals surface area contributed by atoms with Crippen LogP contribution in [0.15, 0.2) is 11.1 Å². The summed E-state index contributed by atoms with van der Waals surface area (Å²) in [5, 5.41) is 3.30. The SMILES string of the molecule is CCOC(=O)c1sc2ncn(CC(=O)NC(C)C3CC3)c(=O)c2c1C. The highest BCUT2D eigenvalue weighted by atomic mass is 32.1. The van der Waals surface area contributed by atoms with Gasteiger partial charge in [0.05, 0.1) is 18.3 Å². The normalized spacial score (nSPS) is 15.2. The molecule has 1 fully saturated rings. The second kappa shape index (κ2) is 6.95. The maximum atomic E-state index is 12.7. The van der Waals surface area contributed by atoms with Gasteiger partial charge < -0.3 is 10.1 Å². The van der Waals surface area contributed by atoms with Crippen molar-refractivity contribution in [1.29, 1.82) is 0 Å². The summed E-state index contributed by atoms with van der Waals surface area (Å²) in [5.74, 6) is -0.112. The first-order valence-electron chi connectivity index (χ1n) is 8.37. The zero-order valence-electron chi connectivity index (χ0n) is 14.5. The van der Waals surface area contributed by atoms with Gasteiger partial charge >= 0.3 is 5.97 Å². The molecule has 0 aliphatic heterocycles. The molecule has 25 heavy (non-hydrogen) atoms. The molecule has 2 aromatic heterocycles. The second-order valence-electron chi connectivity index (χ2n) is 6.33. The van der Waals surface area contributed by atoms with E-state index in [1.54, 1.807) is 13.8 Å². The standard InChI is InChI=1S/C17H21N3O4S/c1-4-24-17(23)14-9(2)13-15(25-14)18-8-20(16(13)22)7-12(21)19-10(3)11-5-6-11/h8,10-11H,4-7H2,1-3H3,(H,19,21). The number of carbonyl (C=O) groups is 2. The largest absolute Gasteiger partial charge is 0.462 e. The molecule has 0 radical (unpaired) electrons. The van der Waals surface area contributed by atoms with E-state index >= 15 is 0 Å². The molecular weight excluding hydrogens is 342 g/mol. The van der Waals surface area contributed by atoms with Gasteiger partial charge in [0.1, 0.15) is 16.3 Å². The molecule has 1 amide bonds. The molecule has 8 heteroatoms. The molecule has 1 atom stereocenters. The van der Waals surface area contributed by atoms with E-state index in [1.165, 1.54) is 10.9 Å². The molecule has 1 unspecified atom stereocenters. The van der Waals surface area contributed by atoms with Crippen molar-refractivity contribution in [2.45, 2.75) is 46.2 Å². The minimum absolute atomic E-state index is 0.0805. The highest BCUT2D eigenvalue weighted by Crippen LogP contribution is 2.32. The van der Waals surface area contributed by atoms with Crippen LogP contribution in [-0.4, -0.2) is 34.1 Å². The third kappa shape index (κ3) is 3.58. The minimum Gasteiger partial charge on any atom is -0.462 e. The number of nitrogens with zero attached hydrogens (tertiary/aromatic N) is 2. The fourth-order valence-electron chi connectivity index (χ4n) is 2.83. The maximum absolute atomic E-state index is 12.7. The van der Waals surface area contributed by atoms with Crippen molar-refractivity contribution in [2.24, 2.45) is 5.92 Å². The molecule has 0 saturated heterocycles. The molecule has 1 saturated carbocycles. The van der Waals surface area contributed by atoms with E-state index in [2.05, 4.69) is 10.3 Å². The van der Waals surface area contributed by atoms with Crippen LogP contribution in [0.4, 0.5) is 0 Å². The lowest BCUT2D eigenvalue weighted by atomic mass is 10.2. The molecule has 1 N–H and O–H groups in total. The van der Waals surface area contributed by atoms with Crippen LogP contribution < -0.4 is 10.9 Å². The highest BCUT2D eigenvalue weighted by molar-refractivity contribution is 7.20. The Morgan fingerprint density at radius 1 is 1.48 bits per heavy atom. The van der Waals surface area contributed by atoms with Crippen molar-refractivity contribution in [3.63, 3.8) is 0 Å². The number of carbonyl (C=O) groups excluding carboxylic acids is 2. The van der Waals surface area contributed by atoms with E-state index in [-0.39, 0.29) is 30.7 Å². The van der Waals surface area contributed by atoms with E-state index in [9.17, 15) is 14.4 Å². The number of nitrogens with one attached hydrogen (secondary N) is 1. The Hall–Kier alpha value is -2.22. The molecule has 0 spiro atoms. The highest BCUT2D eigenvalue weighted by Gasteiger charge is 2.29. The van der Waals surface area contributed by atoms with Crippen molar-refractivity contribution >= 4 is 33.4 Å². The molecule has 0 bridgehead atoms. The van der Waals surface area contributed by atoms with Crippen molar-refractivity contribution in [2.75, 3.05) is 6.61 Å². The van der Waals surface area contributed by atoms with Gasteiger partial charge in [0.15, 0.2) is 0 Å². The van der Waals surface area contributed by atoms with E-state index in [4.69, 9.17) is 4.74 Å². The van der Waals surface area contributed by atoms with Crippen molar-refractivity contribution in [3.8, 4) is 0 Å². The van der Waals surface area contributed by atoms with Gasteiger partial charge in [0.2, 0.25) is 5.91 Å². The number of hydrogen-bond acceptors (Lipinski definition) is 6. The van der Waals surface area contributed by atoms with Crippen LogP contribution in [0.1, 0.15) is 41.9 Å². The summed E-state index contributed by atoms with van der Waals surface area (Å²) in [4.78, 5) is 42.0. The summed E-state index contributed by atoms with van der Waals surface area (Å²) in [5.41, 5.74) is 0.237. The monoisotopic (exact) mass is 363 g/mol. The number of amides is 1. The van der Waals surface area contributed by atoms with Crippen molar-refractivity contribution in [1.82, 2.24) is 14.9 Å². The molecule has 0 aromatic carbocycles. The first-order chi connectivity index (χ1) is 11.9. The van der Waals surface area contributed by atoms with Crippen molar-refractivity contribution in [3.05, 3.63) is 27.1 Å². The summed E-state index contributed by atoms with van der Waals surface area (Å²) in [6, 6.07) is 0.123. The molecule has 2 aromatic rings. The maximum Gasteiger partial charge on any atom is 0.348 e. The van der Waals surface area contributed by atoms with Gasteiger partial charge in [0, 0.05) is 6.04 Å². The Morgan fingerprint density at radius 3 is 2.84 bits per heavy atom. The van der Waals surface area contributed by atoms with Gasteiger partial charge in [-0.1, -0.05) is 0 Å². The molecule has 7 nitrogen and oxygen atoms in total. The summed E-state index contributed by atoms with van der Waals surface area (Å²) in [6.07, 6.45) is 3.64. The summed E-state index contributed by atoms with van der Waals surface area (Å²) < 4.78 is 6.30. The lowest BCUT2D eigenvalue weighted by molar-refractivity contribution is -0.122. The molecule has 1 aliphatic carbocycles. The van der Waals surface area contributed by atoms with Gasteiger partial charge in [0.25, 0.3) is 5.56 Å². The Kier molecular flexibility index (Phi) is 4.89. The quantitative estimate of drug-likeness (QED) is 0.791. The predicted molar refractivity (Wildman–Crippen MR) is 94.9 cm³/mol. The number of aromatic nitrogens is 2. The molecular formula is C17H21N3O4S. The van der Waals surface area contributed by atoms with Crippen LogP contribution in [0.25, 0.3) is 10.2 Å². The first kappa shape index (κ1) is 17.6. The Morgan fingerprint density at radius 2 is 2.20 bits per heavy atom. The number of hydrogen-bond donors (Lipinski definition) is 1. The van der Waals surface area contributed by atoms with E-state index in [0.29, 0.717) is 26.6 Å². The third-order valence-electron chi connectivity index (χ3n) is 4.41. The Balaban J connectivity index is 1.86. The van der Waals surface area contributed by atoms with E-state index in [1.807, 2.05) is 6.92 Å². The average Bonchev–Trinajstić information content (AvgIpc) is 3.35. The number of ether oxygens (including phenoxy) is 1. The number of rotatable bonds is 6. The van der Waals surface area contributed by atoms with Crippen LogP contribution >= 0.6 is 11.3 Å². The number of thiophene rings is 1. The zero-order valence-corrected chi connectivity index (χ0v) is 15.3. The minimum atomic E-state index is -0.454. The predicted octanol–water partition coefficient (Wildman–Crippen LogP) is 1.86. The van der Waals surface area contributed by atoms with Gasteiger partial charge in [-0.05, 0) is 45.1 Å².